The first-order valence-electron chi connectivity index (χ1n) is 6.32. The van der Waals surface area contributed by atoms with Crippen molar-refractivity contribution in [3.8, 4) is 0 Å². The van der Waals surface area contributed by atoms with Crippen LogP contribution in [-0.4, -0.2) is 44.7 Å². The highest BCUT2D eigenvalue weighted by atomic mass is 32.3. The average Bonchev–Trinajstić information content (AvgIpc) is 2.41. The van der Waals surface area contributed by atoms with Gasteiger partial charge in [0.1, 0.15) is 0 Å². The van der Waals surface area contributed by atoms with Crippen molar-refractivity contribution in [2.45, 2.75) is 34.9 Å². The van der Waals surface area contributed by atoms with Gasteiger partial charge in [-0.25, -0.2) is 8.42 Å². The van der Waals surface area contributed by atoms with Crippen LogP contribution in [0, 0.1) is 0 Å². The Balaban J connectivity index is 2.45. The molecule has 9 heteroatoms. The fourth-order valence-electron chi connectivity index (χ4n) is 2.17. The maximum Gasteiger partial charge on any atom is 0.332 e. The summed E-state index contributed by atoms with van der Waals surface area (Å²) in [6, 6.07) is 4.20. The maximum absolute atomic E-state index is 13.0. The normalized spacial score (nSPS) is 24.9. The zero-order valence-electron chi connectivity index (χ0n) is 11.6. The van der Waals surface area contributed by atoms with E-state index in [2.05, 4.69) is 0 Å². The first-order valence-corrected chi connectivity index (χ1v) is 10.2. The van der Waals surface area contributed by atoms with Crippen molar-refractivity contribution in [2.24, 2.45) is 0 Å². The Morgan fingerprint density at radius 3 is 2.43 bits per heavy atom. The lowest BCUT2D eigenvalue weighted by atomic mass is 10.2. The van der Waals surface area contributed by atoms with Crippen molar-refractivity contribution in [3.05, 3.63) is 24.3 Å². The first-order chi connectivity index (χ1) is 9.64. The van der Waals surface area contributed by atoms with Gasteiger partial charge in [-0.1, -0.05) is 13.0 Å². The van der Waals surface area contributed by atoms with Crippen molar-refractivity contribution in [3.63, 3.8) is 0 Å². The monoisotopic (exact) mass is 353 g/mol. The highest BCUT2D eigenvalue weighted by molar-refractivity contribution is 8.00. The molecule has 1 aromatic carbocycles. The maximum atomic E-state index is 13.0. The van der Waals surface area contributed by atoms with Gasteiger partial charge < -0.3 is 0 Å². The minimum absolute atomic E-state index is 0.140. The third-order valence-corrected chi connectivity index (χ3v) is 7.66. The van der Waals surface area contributed by atoms with Crippen LogP contribution in [0.4, 0.5) is 3.89 Å². The topological polar surface area (TPSA) is 71.5 Å². The zero-order chi connectivity index (χ0) is 15.8. The molecule has 5 nitrogen and oxygen atoms in total. The predicted octanol–water partition coefficient (Wildman–Crippen LogP) is 1.86. The Kier molecular flexibility index (Phi) is 4.67. The summed E-state index contributed by atoms with van der Waals surface area (Å²) in [6.45, 7) is 4.11. The van der Waals surface area contributed by atoms with E-state index in [-0.39, 0.29) is 16.2 Å². The van der Waals surface area contributed by atoms with Crippen molar-refractivity contribution in [1.82, 2.24) is 4.31 Å². The van der Waals surface area contributed by atoms with Gasteiger partial charge in [0.25, 0.3) is 0 Å². The second-order valence-corrected chi connectivity index (χ2v) is 9.57. The van der Waals surface area contributed by atoms with Gasteiger partial charge >= 0.3 is 10.2 Å². The molecule has 0 aromatic heterocycles. The van der Waals surface area contributed by atoms with E-state index in [1.165, 1.54) is 16.4 Å². The Labute approximate surface area is 128 Å². The van der Waals surface area contributed by atoms with Crippen LogP contribution in [0.25, 0.3) is 0 Å². The van der Waals surface area contributed by atoms with Crippen LogP contribution in [0.2, 0.25) is 0 Å². The number of hydrogen-bond acceptors (Lipinski definition) is 5. The highest BCUT2D eigenvalue weighted by Crippen LogP contribution is 2.30. The quantitative estimate of drug-likeness (QED) is 0.776. The summed E-state index contributed by atoms with van der Waals surface area (Å²) in [5.74, 6) is 0.672. The zero-order valence-corrected chi connectivity index (χ0v) is 14.0. The molecule has 0 amide bonds. The van der Waals surface area contributed by atoms with Crippen molar-refractivity contribution >= 4 is 32.0 Å². The standard InChI is InChI=1S/C12H16FNO4S3/c1-9-10(2)19-7-6-14(9)21(17,18)12-5-3-4-11(8-12)20(13,15)16/h3-5,8-10H,6-7H2,1-2H3. The number of nitrogens with zero attached hydrogens (tertiary/aromatic N) is 1. The smallest absolute Gasteiger partial charge is 0.207 e. The van der Waals surface area contributed by atoms with Crippen LogP contribution >= 0.6 is 11.8 Å². The van der Waals surface area contributed by atoms with Crippen molar-refractivity contribution in [1.29, 1.82) is 0 Å². The van der Waals surface area contributed by atoms with E-state index in [4.69, 9.17) is 0 Å². The van der Waals surface area contributed by atoms with E-state index in [1.807, 2.05) is 13.8 Å². The number of sulfonamides is 1. The first kappa shape index (κ1) is 16.7. The molecule has 21 heavy (non-hydrogen) atoms. The third kappa shape index (κ3) is 3.41. The SMILES string of the molecule is CC1SCCN(S(=O)(=O)c2cccc(S(=O)(=O)F)c2)C1C. The molecular formula is C12H16FNO4S3. The molecule has 1 aliphatic rings. The lowest BCUT2D eigenvalue weighted by Gasteiger charge is -2.36. The van der Waals surface area contributed by atoms with Gasteiger partial charge in [-0.05, 0) is 25.1 Å². The highest BCUT2D eigenvalue weighted by Gasteiger charge is 2.35. The van der Waals surface area contributed by atoms with Crippen LogP contribution in [0.1, 0.15) is 13.8 Å². The van der Waals surface area contributed by atoms with Crippen LogP contribution in [0.3, 0.4) is 0 Å². The largest absolute Gasteiger partial charge is 0.332 e. The average molecular weight is 353 g/mol. The molecule has 0 saturated carbocycles. The van der Waals surface area contributed by atoms with Gasteiger partial charge in [-0.15, -0.1) is 3.89 Å². The van der Waals surface area contributed by atoms with Crippen molar-refractivity contribution < 1.29 is 20.7 Å². The number of thioether (sulfide) groups is 1. The number of rotatable bonds is 3. The molecule has 2 unspecified atom stereocenters. The van der Waals surface area contributed by atoms with E-state index in [1.54, 1.807) is 11.8 Å². The Hall–Kier alpha value is -0.640. The summed E-state index contributed by atoms with van der Waals surface area (Å²) >= 11 is 1.69. The molecule has 0 spiro atoms. The van der Waals surface area contributed by atoms with Crippen LogP contribution in [-0.2, 0) is 20.2 Å². The van der Waals surface area contributed by atoms with E-state index in [0.29, 0.717) is 12.3 Å². The third-order valence-electron chi connectivity index (χ3n) is 3.52. The Morgan fingerprint density at radius 1 is 1.19 bits per heavy atom. The molecule has 2 atom stereocenters. The van der Waals surface area contributed by atoms with Crippen molar-refractivity contribution in [2.75, 3.05) is 12.3 Å². The van der Waals surface area contributed by atoms with E-state index >= 15 is 0 Å². The molecule has 1 fully saturated rings. The predicted molar refractivity (Wildman–Crippen MR) is 80.0 cm³/mol. The van der Waals surface area contributed by atoms with Crippen LogP contribution in [0.5, 0.6) is 0 Å². The van der Waals surface area contributed by atoms with Gasteiger partial charge in [-0.3, -0.25) is 0 Å². The molecule has 1 aliphatic heterocycles. The number of hydrogen-bond donors (Lipinski definition) is 0. The van der Waals surface area contributed by atoms with Gasteiger partial charge in [0.15, 0.2) is 0 Å². The van der Waals surface area contributed by atoms with Gasteiger partial charge in [-0.2, -0.15) is 24.5 Å². The summed E-state index contributed by atoms with van der Waals surface area (Å²) in [4.78, 5) is -0.845. The van der Waals surface area contributed by atoms with Gasteiger partial charge in [0, 0.05) is 23.6 Å². The van der Waals surface area contributed by atoms with E-state index in [9.17, 15) is 20.7 Å². The van der Waals surface area contributed by atoms with E-state index in [0.717, 1.165) is 12.1 Å². The fraction of sp³-hybridized carbons (Fsp3) is 0.500. The number of halogens is 1. The lowest BCUT2D eigenvalue weighted by Crippen LogP contribution is -2.47. The lowest BCUT2D eigenvalue weighted by molar-refractivity contribution is 0.340. The molecule has 0 aliphatic carbocycles. The summed E-state index contributed by atoms with van der Waals surface area (Å²) in [6.07, 6.45) is 0. The van der Waals surface area contributed by atoms with Crippen LogP contribution < -0.4 is 0 Å². The molecule has 0 radical (unpaired) electrons. The van der Waals surface area contributed by atoms with Gasteiger partial charge in [0.05, 0.1) is 9.79 Å². The minimum Gasteiger partial charge on any atom is -0.207 e. The second kappa shape index (κ2) is 5.86. The summed E-state index contributed by atoms with van der Waals surface area (Å²) in [5.41, 5.74) is 0. The van der Waals surface area contributed by atoms with E-state index < -0.39 is 25.1 Å². The molecule has 0 N–H and O–H groups in total. The Bertz CT molecular complexity index is 733. The molecule has 1 heterocycles. The molecule has 2 rings (SSSR count). The molecule has 1 saturated heterocycles. The second-order valence-electron chi connectivity index (χ2n) is 4.84. The minimum atomic E-state index is -4.93. The molecular weight excluding hydrogens is 337 g/mol. The molecule has 118 valence electrons. The summed E-state index contributed by atoms with van der Waals surface area (Å²) < 4.78 is 61.5. The Morgan fingerprint density at radius 2 is 1.81 bits per heavy atom. The number of benzene rings is 1. The summed E-state index contributed by atoms with van der Waals surface area (Å²) in [7, 11) is -8.77. The molecule has 1 aromatic rings. The van der Waals surface area contributed by atoms with Gasteiger partial charge in [0.2, 0.25) is 10.0 Å². The summed E-state index contributed by atoms with van der Waals surface area (Å²) in [5, 5.41) is 0.140. The fourth-order valence-corrected chi connectivity index (χ4v) is 5.79. The molecule has 0 bridgehead atoms. The van der Waals surface area contributed by atoms with Crippen LogP contribution in [0.15, 0.2) is 34.1 Å².